The second-order valence-electron chi connectivity index (χ2n) is 11.4. The van der Waals surface area contributed by atoms with Gasteiger partial charge in [0.2, 0.25) is 0 Å². The molecule has 2 atom stereocenters. The Morgan fingerprint density at radius 1 is 1.02 bits per heavy atom. The topological polar surface area (TPSA) is 122 Å². The monoisotopic (exact) mass is 585 g/mol. The lowest BCUT2D eigenvalue weighted by molar-refractivity contribution is 0.0899. The lowest BCUT2D eigenvalue weighted by atomic mass is 10.1. The van der Waals surface area contributed by atoms with Gasteiger partial charge in [0.25, 0.3) is 5.91 Å². The van der Waals surface area contributed by atoms with Crippen LogP contribution in [0.2, 0.25) is 0 Å². The summed E-state index contributed by atoms with van der Waals surface area (Å²) in [7, 11) is 0. The van der Waals surface area contributed by atoms with Gasteiger partial charge in [0.05, 0.1) is 22.4 Å². The Hall–Kier alpha value is -4.64. The Morgan fingerprint density at radius 3 is 2.50 bits per heavy atom. The zero-order chi connectivity index (χ0) is 29.4. The quantitative estimate of drug-likeness (QED) is 0.225. The molecule has 0 radical (unpaired) electrons. The van der Waals surface area contributed by atoms with E-state index in [9.17, 15) is 14.4 Å². The van der Waals surface area contributed by atoms with Crippen LogP contribution in [0.25, 0.3) is 10.2 Å². The summed E-state index contributed by atoms with van der Waals surface area (Å²) in [6, 6.07) is 18.0. The number of nitrogens with zero attached hydrogens (tertiary/aromatic N) is 2. The predicted molar refractivity (Wildman–Crippen MR) is 162 cm³/mol. The molecule has 2 aromatic heterocycles. The van der Waals surface area contributed by atoms with Gasteiger partial charge in [0, 0.05) is 24.2 Å². The van der Waals surface area contributed by atoms with Gasteiger partial charge >= 0.3 is 12.1 Å². The fourth-order valence-corrected chi connectivity index (χ4v) is 6.23. The predicted octanol–water partition coefficient (Wildman–Crippen LogP) is 6.95. The molecule has 0 unspecified atom stereocenters. The van der Waals surface area contributed by atoms with Crippen LogP contribution in [0.5, 0.6) is 11.5 Å². The minimum atomic E-state index is -0.461. The van der Waals surface area contributed by atoms with Gasteiger partial charge in [-0.05, 0) is 76.1 Å². The Kier molecular flexibility index (Phi) is 7.19. The molecular weight excluding hydrogens is 554 g/mol. The van der Waals surface area contributed by atoms with E-state index in [2.05, 4.69) is 20.9 Å². The third kappa shape index (κ3) is 5.73. The minimum Gasteiger partial charge on any atom is -0.457 e. The summed E-state index contributed by atoms with van der Waals surface area (Å²) in [5.41, 5.74) is 1.36. The standard InChI is InChI=1S/C31H31N5O5S/c1-31(2,3)35-30(39)41-22-12-9-18(17-22)33-27(37)26-25-24-23(15-16-32-28(24)42-26)36(29(38)34-25)19-10-13-21(14-11-19)40-20-7-5-4-6-8-20/h4-8,10-11,13-16,18,22H,9,12,17H2,1-3H3,(H,33,37)(H,34,38)(H,35,39)/t18-,22+/m0/s1. The maximum Gasteiger partial charge on any atom is 0.407 e. The van der Waals surface area contributed by atoms with Crippen molar-refractivity contribution in [1.82, 2.24) is 15.6 Å². The minimum absolute atomic E-state index is 0.151. The molecule has 4 aromatic rings. The number of rotatable bonds is 6. The SMILES string of the molecule is CC(C)(C)NC(=O)O[C@@H]1CC[C@H](NC(=O)c2sc3nccc4c3c2NC(=O)N4c2ccc(Oc3ccccc3)cc2)C1. The summed E-state index contributed by atoms with van der Waals surface area (Å²) in [5.74, 6) is 1.07. The third-order valence-corrected chi connectivity index (χ3v) is 8.09. The van der Waals surface area contributed by atoms with Crippen molar-refractivity contribution < 1.29 is 23.9 Å². The van der Waals surface area contributed by atoms with Crippen LogP contribution in [0, 0.1) is 0 Å². The fraction of sp³-hybridized carbons (Fsp3) is 0.290. The van der Waals surface area contributed by atoms with E-state index in [4.69, 9.17) is 9.47 Å². The number of aromatic nitrogens is 1. The number of hydrogen-bond acceptors (Lipinski definition) is 7. The number of urea groups is 1. The van der Waals surface area contributed by atoms with Gasteiger partial charge in [-0.15, -0.1) is 11.3 Å². The summed E-state index contributed by atoms with van der Waals surface area (Å²) in [6.45, 7) is 5.66. The number of carbonyl (C=O) groups excluding carboxylic acids is 3. The summed E-state index contributed by atoms with van der Waals surface area (Å²) in [4.78, 5) is 46.1. The van der Waals surface area contributed by atoms with Crippen LogP contribution in [0.15, 0.2) is 66.9 Å². The van der Waals surface area contributed by atoms with E-state index >= 15 is 0 Å². The van der Waals surface area contributed by atoms with E-state index in [0.29, 0.717) is 57.2 Å². The molecule has 42 heavy (non-hydrogen) atoms. The second kappa shape index (κ2) is 11.0. The first-order valence-electron chi connectivity index (χ1n) is 13.8. The molecular formula is C31H31N5O5S. The first-order chi connectivity index (χ1) is 20.1. The smallest absolute Gasteiger partial charge is 0.407 e. The second-order valence-corrected chi connectivity index (χ2v) is 12.4. The van der Waals surface area contributed by atoms with E-state index in [0.717, 1.165) is 5.75 Å². The van der Waals surface area contributed by atoms with Crippen LogP contribution in [0.1, 0.15) is 49.7 Å². The largest absolute Gasteiger partial charge is 0.457 e. The van der Waals surface area contributed by atoms with Gasteiger partial charge in [-0.3, -0.25) is 9.69 Å². The fourth-order valence-electron chi connectivity index (χ4n) is 5.20. The van der Waals surface area contributed by atoms with Gasteiger partial charge in [0.15, 0.2) is 0 Å². The number of anilines is 3. The average Bonchev–Trinajstić information content (AvgIpc) is 3.54. The molecule has 216 valence electrons. The maximum atomic E-state index is 13.4. The van der Waals surface area contributed by atoms with E-state index < -0.39 is 6.09 Å². The highest BCUT2D eigenvalue weighted by Crippen LogP contribution is 2.46. The lowest BCUT2D eigenvalue weighted by Gasteiger charge is -2.28. The number of carbonyl (C=O) groups is 3. The van der Waals surface area contributed by atoms with Crippen LogP contribution >= 0.6 is 11.3 Å². The number of alkyl carbamates (subject to hydrolysis) is 1. The van der Waals surface area contributed by atoms with Crippen LogP contribution in [-0.2, 0) is 4.74 Å². The number of benzene rings is 2. The molecule has 0 bridgehead atoms. The highest BCUT2D eigenvalue weighted by molar-refractivity contribution is 7.21. The molecule has 4 amide bonds. The summed E-state index contributed by atoms with van der Waals surface area (Å²) < 4.78 is 11.4. The highest BCUT2D eigenvalue weighted by atomic mass is 32.1. The molecule has 6 rings (SSSR count). The molecule has 1 aliphatic heterocycles. The number of pyridine rings is 1. The maximum absolute atomic E-state index is 13.4. The molecule has 3 heterocycles. The number of ether oxygens (including phenoxy) is 2. The number of nitrogens with one attached hydrogen (secondary N) is 3. The van der Waals surface area contributed by atoms with Crippen molar-refractivity contribution in [2.75, 3.05) is 10.2 Å². The summed E-state index contributed by atoms with van der Waals surface area (Å²) >= 11 is 1.23. The van der Waals surface area contributed by atoms with E-state index in [1.807, 2.05) is 63.2 Å². The molecule has 0 saturated heterocycles. The third-order valence-electron chi connectivity index (χ3n) is 7.00. The van der Waals surface area contributed by atoms with Gasteiger partial charge in [-0.2, -0.15) is 0 Å². The lowest BCUT2D eigenvalue weighted by Crippen LogP contribution is -2.42. The van der Waals surface area contributed by atoms with Crippen molar-refractivity contribution in [2.45, 2.75) is 57.7 Å². The number of thiophene rings is 1. The average molecular weight is 586 g/mol. The molecule has 10 nitrogen and oxygen atoms in total. The van der Waals surface area contributed by atoms with E-state index in [1.54, 1.807) is 29.3 Å². The molecule has 1 fully saturated rings. The Labute approximate surface area is 247 Å². The van der Waals surface area contributed by atoms with Crippen molar-refractivity contribution in [1.29, 1.82) is 0 Å². The number of para-hydroxylation sites is 1. The van der Waals surface area contributed by atoms with Crippen molar-refractivity contribution in [3.63, 3.8) is 0 Å². The first-order valence-corrected chi connectivity index (χ1v) is 14.6. The molecule has 2 aromatic carbocycles. The van der Waals surface area contributed by atoms with Gasteiger partial charge in [-0.25, -0.2) is 14.6 Å². The normalized spacial score (nSPS) is 18.0. The van der Waals surface area contributed by atoms with E-state index in [-0.39, 0.29) is 29.6 Å². The summed E-state index contributed by atoms with van der Waals surface area (Å²) in [5, 5.41) is 9.50. The molecule has 2 aliphatic rings. The van der Waals surface area contributed by atoms with Crippen LogP contribution in [0.3, 0.4) is 0 Å². The highest BCUT2D eigenvalue weighted by Gasteiger charge is 2.35. The molecule has 1 saturated carbocycles. The van der Waals surface area contributed by atoms with Crippen molar-refractivity contribution >= 4 is 56.6 Å². The zero-order valence-corrected chi connectivity index (χ0v) is 24.3. The van der Waals surface area contributed by atoms with Crippen LogP contribution in [-0.4, -0.2) is 40.7 Å². The Balaban J connectivity index is 1.18. The van der Waals surface area contributed by atoms with Gasteiger partial charge < -0.3 is 25.4 Å². The Morgan fingerprint density at radius 2 is 1.76 bits per heavy atom. The van der Waals surface area contributed by atoms with E-state index in [1.165, 1.54) is 11.3 Å². The van der Waals surface area contributed by atoms with Crippen molar-refractivity contribution in [3.05, 3.63) is 71.7 Å². The van der Waals surface area contributed by atoms with Crippen molar-refractivity contribution in [2.24, 2.45) is 0 Å². The van der Waals surface area contributed by atoms with Crippen LogP contribution in [0.4, 0.5) is 26.7 Å². The number of hydrogen-bond donors (Lipinski definition) is 3. The first kappa shape index (κ1) is 27.5. The molecule has 0 spiro atoms. The van der Waals surface area contributed by atoms with Crippen LogP contribution < -0.4 is 25.6 Å². The van der Waals surface area contributed by atoms with Gasteiger partial charge in [-0.1, -0.05) is 18.2 Å². The zero-order valence-electron chi connectivity index (χ0n) is 23.5. The Bertz CT molecular complexity index is 1650. The van der Waals surface area contributed by atoms with Gasteiger partial charge in [0.1, 0.15) is 27.3 Å². The molecule has 1 aliphatic carbocycles. The molecule has 3 N–H and O–H groups in total. The molecule has 11 heteroatoms. The summed E-state index contributed by atoms with van der Waals surface area (Å²) in [6.07, 6.45) is 2.78. The van der Waals surface area contributed by atoms with Crippen molar-refractivity contribution in [3.8, 4) is 11.5 Å². The number of amides is 4.